The van der Waals surface area contributed by atoms with Crippen molar-refractivity contribution in [2.45, 2.75) is 64.0 Å². The number of nitrogens with two attached hydrogens (primary N) is 2. The molecular weight excluding hydrogens is 330 g/mol. The summed E-state index contributed by atoms with van der Waals surface area (Å²) in [5.74, 6) is -0.178. The van der Waals surface area contributed by atoms with Gasteiger partial charge in [-0.1, -0.05) is 0 Å². The molecule has 142 valence electrons. The first kappa shape index (κ1) is 18.6. The molecule has 26 heavy (non-hydrogen) atoms. The van der Waals surface area contributed by atoms with Crippen LogP contribution in [0.3, 0.4) is 0 Å². The Balaban J connectivity index is 1.67. The molecule has 7 nitrogen and oxygen atoms in total. The van der Waals surface area contributed by atoms with E-state index in [9.17, 15) is 9.59 Å². The molecule has 1 saturated carbocycles. The van der Waals surface area contributed by atoms with Crippen molar-refractivity contribution < 1.29 is 9.59 Å². The van der Waals surface area contributed by atoms with Gasteiger partial charge < -0.3 is 21.7 Å². The van der Waals surface area contributed by atoms with Crippen LogP contribution in [0.25, 0.3) is 0 Å². The molecule has 1 saturated heterocycles. The predicted molar refractivity (Wildman–Crippen MR) is 101 cm³/mol. The maximum absolute atomic E-state index is 12.8. The minimum Gasteiger partial charge on any atom is -0.383 e. The number of nitrogen functional groups attached to an aromatic ring is 1. The maximum atomic E-state index is 12.8. The molecule has 1 aromatic heterocycles. The molecule has 0 radical (unpaired) electrons. The molecular formula is C19H29N5O2. The van der Waals surface area contributed by atoms with Gasteiger partial charge in [0.15, 0.2) is 0 Å². The second-order valence-corrected chi connectivity index (χ2v) is 7.62. The Hall–Kier alpha value is -2.15. The summed E-state index contributed by atoms with van der Waals surface area (Å²) in [4.78, 5) is 31.1. The monoisotopic (exact) mass is 359 g/mol. The summed E-state index contributed by atoms with van der Waals surface area (Å²) >= 11 is 0. The molecule has 0 aromatic carbocycles. The third-order valence-electron chi connectivity index (χ3n) is 5.74. The van der Waals surface area contributed by atoms with Gasteiger partial charge in [0.2, 0.25) is 0 Å². The highest BCUT2D eigenvalue weighted by molar-refractivity contribution is 6.39. The average molecular weight is 359 g/mol. The average Bonchev–Trinajstić information content (AvgIpc) is 2.65. The molecule has 0 bridgehead atoms. The summed E-state index contributed by atoms with van der Waals surface area (Å²) in [5.41, 5.74) is 13.0. The van der Waals surface area contributed by atoms with E-state index >= 15 is 0 Å². The first-order valence-electron chi connectivity index (χ1n) is 9.55. The van der Waals surface area contributed by atoms with Crippen molar-refractivity contribution in [2.24, 2.45) is 11.7 Å². The van der Waals surface area contributed by atoms with E-state index in [1.54, 1.807) is 11.0 Å². The number of hydrogen-bond donors (Lipinski definition) is 3. The van der Waals surface area contributed by atoms with Gasteiger partial charge in [0.05, 0.1) is 11.9 Å². The fourth-order valence-electron chi connectivity index (χ4n) is 4.20. The maximum Gasteiger partial charge on any atom is 0.313 e. The van der Waals surface area contributed by atoms with Gasteiger partial charge in [0.25, 0.3) is 0 Å². The first-order chi connectivity index (χ1) is 12.5. The number of pyridine rings is 1. The van der Waals surface area contributed by atoms with Crippen LogP contribution >= 0.6 is 0 Å². The molecule has 1 atom stereocenters. The predicted octanol–water partition coefficient (Wildman–Crippen LogP) is 1.81. The molecule has 2 amide bonds. The number of anilines is 2. The molecule has 1 aliphatic carbocycles. The number of rotatable bonds is 2. The van der Waals surface area contributed by atoms with E-state index in [4.69, 9.17) is 11.5 Å². The van der Waals surface area contributed by atoms with Gasteiger partial charge in [0, 0.05) is 18.6 Å². The second-order valence-electron chi connectivity index (χ2n) is 7.62. The van der Waals surface area contributed by atoms with Gasteiger partial charge in [-0.15, -0.1) is 0 Å². The van der Waals surface area contributed by atoms with Crippen LogP contribution in [-0.2, 0) is 9.59 Å². The van der Waals surface area contributed by atoms with Crippen molar-refractivity contribution in [1.82, 2.24) is 9.88 Å². The van der Waals surface area contributed by atoms with Crippen molar-refractivity contribution >= 4 is 23.3 Å². The second kappa shape index (κ2) is 8.03. The lowest BCUT2D eigenvalue weighted by atomic mass is 9.78. The molecule has 1 aromatic rings. The van der Waals surface area contributed by atoms with E-state index in [0.717, 1.165) is 50.5 Å². The molecule has 5 N–H and O–H groups in total. The quantitative estimate of drug-likeness (QED) is 0.697. The Kier molecular flexibility index (Phi) is 5.76. The lowest BCUT2D eigenvalue weighted by molar-refractivity contribution is -0.147. The zero-order chi connectivity index (χ0) is 18.7. The highest BCUT2D eigenvalue weighted by Crippen LogP contribution is 2.33. The number of hydrogen-bond acceptors (Lipinski definition) is 5. The van der Waals surface area contributed by atoms with E-state index in [1.165, 1.54) is 6.20 Å². The van der Waals surface area contributed by atoms with Gasteiger partial charge in [0.1, 0.15) is 5.82 Å². The number of nitrogens with zero attached hydrogens (tertiary/aromatic N) is 2. The van der Waals surface area contributed by atoms with Gasteiger partial charge >= 0.3 is 11.8 Å². The number of carbonyl (C=O) groups is 2. The summed E-state index contributed by atoms with van der Waals surface area (Å²) in [7, 11) is 0. The highest BCUT2D eigenvalue weighted by atomic mass is 16.2. The molecule has 1 aliphatic heterocycles. The Bertz CT molecular complexity index is 670. The Morgan fingerprint density at radius 1 is 1.19 bits per heavy atom. The minimum atomic E-state index is -0.601. The smallest absolute Gasteiger partial charge is 0.313 e. The summed E-state index contributed by atoms with van der Waals surface area (Å²) in [6.07, 6.45) is 8.60. The van der Waals surface area contributed by atoms with E-state index in [1.807, 2.05) is 6.92 Å². The van der Waals surface area contributed by atoms with Crippen LogP contribution in [0, 0.1) is 12.8 Å². The topological polar surface area (TPSA) is 114 Å². The number of amides is 2. The number of aromatic nitrogens is 1. The van der Waals surface area contributed by atoms with Crippen LogP contribution in [0.4, 0.5) is 11.5 Å². The van der Waals surface area contributed by atoms with E-state index in [-0.39, 0.29) is 12.1 Å². The molecule has 3 rings (SSSR count). The van der Waals surface area contributed by atoms with Crippen LogP contribution in [0.1, 0.15) is 50.5 Å². The van der Waals surface area contributed by atoms with E-state index in [0.29, 0.717) is 24.0 Å². The van der Waals surface area contributed by atoms with Crippen molar-refractivity contribution in [1.29, 1.82) is 0 Å². The molecule has 2 heterocycles. The molecule has 2 fully saturated rings. The number of nitrogens with one attached hydrogen (secondary N) is 1. The Morgan fingerprint density at radius 2 is 1.92 bits per heavy atom. The molecule has 0 unspecified atom stereocenters. The van der Waals surface area contributed by atoms with Crippen LogP contribution in [0.5, 0.6) is 0 Å². The van der Waals surface area contributed by atoms with Crippen molar-refractivity contribution in [3.8, 4) is 0 Å². The fourth-order valence-corrected chi connectivity index (χ4v) is 4.20. The number of piperidine rings is 1. The molecule has 2 aliphatic rings. The van der Waals surface area contributed by atoms with Crippen molar-refractivity contribution in [2.75, 3.05) is 17.6 Å². The van der Waals surface area contributed by atoms with E-state index in [2.05, 4.69) is 10.3 Å². The van der Waals surface area contributed by atoms with Gasteiger partial charge in [-0.3, -0.25) is 9.59 Å². The van der Waals surface area contributed by atoms with Crippen LogP contribution < -0.4 is 16.8 Å². The largest absolute Gasteiger partial charge is 0.383 e. The SMILES string of the molecule is Cc1cc(NC(=O)C(=O)N2CCCC[C@H]2C2CCC(N)CC2)cnc1N. The summed E-state index contributed by atoms with van der Waals surface area (Å²) < 4.78 is 0. The highest BCUT2D eigenvalue weighted by Gasteiger charge is 2.36. The van der Waals surface area contributed by atoms with Gasteiger partial charge in [-0.25, -0.2) is 4.98 Å². The third kappa shape index (κ3) is 4.15. The van der Waals surface area contributed by atoms with Gasteiger partial charge in [-0.2, -0.15) is 0 Å². The summed E-state index contributed by atoms with van der Waals surface area (Å²) in [5, 5.41) is 2.67. The zero-order valence-corrected chi connectivity index (χ0v) is 15.4. The third-order valence-corrected chi connectivity index (χ3v) is 5.74. The lowest BCUT2D eigenvalue weighted by Gasteiger charge is -2.42. The van der Waals surface area contributed by atoms with Gasteiger partial charge in [-0.05, 0) is 69.4 Å². The van der Waals surface area contributed by atoms with Crippen LogP contribution in [-0.4, -0.2) is 40.3 Å². The zero-order valence-electron chi connectivity index (χ0n) is 15.4. The lowest BCUT2D eigenvalue weighted by Crippen LogP contribution is -2.52. The number of carbonyl (C=O) groups excluding carboxylic acids is 2. The summed E-state index contributed by atoms with van der Waals surface area (Å²) in [6, 6.07) is 2.16. The molecule has 0 spiro atoms. The fraction of sp³-hybridized carbons (Fsp3) is 0.632. The number of aryl methyl sites for hydroxylation is 1. The van der Waals surface area contributed by atoms with Crippen molar-refractivity contribution in [3.05, 3.63) is 17.8 Å². The van der Waals surface area contributed by atoms with Crippen LogP contribution in [0.2, 0.25) is 0 Å². The van der Waals surface area contributed by atoms with E-state index < -0.39 is 11.8 Å². The Morgan fingerprint density at radius 3 is 2.62 bits per heavy atom. The summed E-state index contributed by atoms with van der Waals surface area (Å²) in [6.45, 7) is 2.47. The number of likely N-dealkylation sites (tertiary alicyclic amines) is 1. The minimum absolute atomic E-state index is 0.153. The van der Waals surface area contributed by atoms with Crippen LogP contribution in [0.15, 0.2) is 12.3 Å². The van der Waals surface area contributed by atoms with Crippen molar-refractivity contribution in [3.63, 3.8) is 0 Å². The molecule has 7 heteroatoms. The first-order valence-corrected chi connectivity index (χ1v) is 9.55. The Labute approximate surface area is 154 Å². The normalized spacial score (nSPS) is 26.4. The standard InChI is InChI=1S/C19H29N5O2/c1-12-10-15(11-22-17(12)21)23-18(25)19(26)24-9-3-2-4-16(24)13-5-7-14(20)8-6-13/h10-11,13-14,16H,2-9,20H2,1H3,(H2,21,22)(H,23,25)/t13?,14?,16-/m0/s1.